The summed E-state index contributed by atoms with van der Waals surface area (Å²) in [6.45, 7) is 8.80. The fraction of sp³-hybridized carbons (Fsp3) is 1.00. The van der Waals surface area contributed by atoms with Crippen LogP contribution in [0.4, 0.5) is 0 Å². The molecule has 0 fully saturated rings. The zero-order valence-electron chi connectivity index (χ0n) is 9.77. The highest BCUT2D eigenvalue weighted by Crippen LogP contribution is 2.17. The van der Waals surface area contributed by atoms with Crippen LogP contribution in [0, 0.1) is 0 Å². The molecular formula is C8H19N3O3Si. The molecule has 0 N–H and O–H groups in total. The average molecular weight is 233 g/mol. The number of rotatable bonds is 8. The van der Waals surface area contributed by atoms with Crippen molar-refractivity contribution in [1.82, 2.24) is 0 Å². The van der Waals surface area contributed by atoms with Crippen molar-refractivity contribution in [1.29, 1.82) is 0 Å². The van der Waals surface area contributed by atoms with Crippen molar-refractivity contribution < 1.29 is 13.3 Å². The maximum absolute atomic E-state index is 8.42. The maximum Gasteiger partial charge on any atom is 0.509 e. The lowest BCUT2D eigenvalue weighted by Gasteiger charge is -2.31. The van der Waals surface area contributed by atoms with Gasteiger partial charge < -0.3 is 13.3 Å². The van der Waals surface area contributed by atoms with Crippen LogP contribution >= 0.6 is 0 Å². The molecule has 0 aliphatic carbocycles. The van der Waals surface area contributed by atoms with Crippen molar-refractivity contribution in [2.45, 2.75) is 33.4 Å². The molecule has 0 amide bonds. The van der Waals surface area contributed by atoms with Crippen LogP contribution in [0.25, 0.3) is 10.4 Å². The molecular weight excluding hydrogens is 214 g/mol. The monoisotopic (exact) mass is 233 g/mol. The third-order valence-corrected chi connectivity index (χ3v) is 4.99. The van der Waals surface area contributed by atoms with Crippen molar-refractivity contribution in [2.75, 3.05) is 19.8 Å². The quantitative estimate of drug-likeness (QED) is 0.279. The second kappa shape index (κ2) is 7.67. The molecule has 0 aromatic rings. The predicted molar refractivity (Wildman–Crippen MR) is 59.2 cm³/mol. The lowest BCUT2D eigenvalue weighted by atomic mass is 10.8. The minimum Gasteiger partial charge on any atom is -0.374 e. The molecule has 0 saturated heterocycles. The molecule has 0 aliphatic rings. The van der Waals surface area contributed by atoms with Crippen LogP contribution in [0.15, 0.2) is 5.11 Å². The van der Waals surface area contributed by atoms with Gasteiger partial charge in [-0.3, -0.25) is 0 Å². The van der Waals surface area contributed by atoms with Crippen LogP contribution in [0.2, 0.25) is 0 Å². The first-order valence-corrected chi connectivity index (χ1v) is 6.93. The van der Waals surface area contributed by atoms with E-state index < -0.39 is 14.5 Å². The van der Waals surface area contributed by atoms with Gasteiger partial charge in [-0.1, -0.05) is 12.0 Å². The molecule has 15 heavy (non-hydrogen) atoms. The van der Waals surface area contributed by atoms with Gasteiger partial charge in [0.15, 0.2) is 0 Å². The SMILES string of the molecule is CCO[Si](OCC)(OCC)C(C)N=[N+]=[N-]. The lowest BCUT2D eigenvalue weighted by molar-refractivity contribution is 0.0640. The summed E-state index contributed by atoms with van der Waals surface area (Å²) in [6, 6.07) is 0. The average Bonchev–Trinajstić information content (AvgIpc) is 2.19. The lowest BCUT2D eigenvalue weighted by Crippen LogP contribution is -2.54. The molecule has 88 valence electrons. The van der Waals surface area contributed by atoms with E-state index >= 15 is 0 Å². The molecule has 1 unspecified atom stereocenters. The normalized spacial score (nSPS) is 13.3. The molecule has 7 heteroatoms. The zero-order chi connectivity index (χ0) is 11.7. The van der Waals surface area contributed by atoms with Crippen molar-refractivity contribution in [3.63, 3.8) is 0 Å². The third-order valence-electron chi connectivity index (χ3n) is 1.77. The highest BCUT2D eigenvalue weighted by Gasteiger charge is 2.46. The Balaban J connectivity index is 4.80. The molecule has 0 aliphatic heterocycles. The second-order valence-corrected chi connectivity index (χ2v) is 5.69. The van der Waals surface area contributed by atoms with Gasteiger partial charge in [0, 0.05) is 24.7 Å². The van der Waals surface area contributed by atoms with Gasteiger partial charge in [-0.2, -0.15) is 0 Å². The summed E-state index contributed by atoms with van der Waals surface area (Å²) in [5, 5.41) is 3.62. The summed E-state index contributed by atoms with van der Waals surface area (Å²) >= 11 is 0. The molecule has 0 rings (SSSR count). The molecule has 0 aromatic carbocycles. The summed E-state index contributed by atoms with van der Waals surface area (Å²) in [5.41, 5.74) is 8.02. The Labute approximate surface area is 91.5 Å². The highest BCUT2D eigenvalue weighted by molar-refractivity contribution is 6.62. The summed E-state index contributed by atoms with van der Waals surface area (Å²) < 4.78 is 16.7. The Bertz CT molecular complexity index is 204. The van der Waals surface area contributed by atoms with Gasteiger partial charge in [0.1, 0.15) is 5.67 Å². The van der Waals surface area contributed by atoms with Gasteiger partial charge in [0.25, 0.3) is 0 Å². The van der Waals surface area contributed by atoms with Crippen molar-refractivity contribution >= 4 is 8.80 Å². The first kappa shape index (κ1) is 14.4. The molecule has 0 aromatic heterocycles. The molecule has 6 nitrogen and oxygen atoms in total. The van der Waals surface area contributed by atoms with Crippen molar-refractivity contribution in [2.24, 2.45) is 5.11 Å². The van der Waals surface area contributed by atoms with E-state index in [0.717, 1.165) is 0 Å². The summed E-state index contributed by atoms with van der Waals surface area (Å²) in [4.78, 5) is 2.77. The molecule has 0 spiro atoms. The zero-order valence-corrected chi connectivity index (χ0v) is 10.8. The van der Waals surface area contributed by atoms with E-state index in [1.165, 1.54) is 0 Å². The van der Waals surface area contributed by atoms with E-state index in [0.29, 0.717) is 19.8 Å². The van der Waals surface area contributed by atoms with Gasteiger partial charge in [0.05, 0.1) is 0 Å². The fourth-order valence-corrected chi connectivity index (χ4v) is 3.61. The highest BCUT2D eigenvalue weighted by atomic mass is 28.4. The minimum atomic E-state index is -2.84. The van der Waals surface area contributed by atoms with Gasteiger partial charge in [0.2, 0.25) is 0 Å². The Hall–Kier alpha value is -0.593. The van der Waals surface area contributed by atoms with Gasteiger partial charge in [-0.05, 0) is 26.3 Å². The Morgan fingerprint density at radius 2 is 1.53 bits per heavy atom. The summed E-state index contributed by atoms with van der Waals surface area (Å²) in [5.74, 6) is 0. The first-order valence-electron chi connectivity index (χ1n) is 5.12. The molecule has 0 bridgehead atoms. The minimum absolute atomic E-state index is 0.401. The van der Waals surface area contributed by atoms with Crippen LogP contribution in [-0.4, -0.2) is 34.3 Å². The predicted octanol–water partition coefficient (Wildman–Crippen LogP) is 2.27. The van der Waals surface area contributed by atoms with E-state index in [1.807, 2.05) is 20.8 Å². The molecule has 0 radical (unpaired) electrons. The van der Waals surface area contributed by atoms with Crippen LogP contribution in [0.5, 0.6) is 0 Å². The smallest absolute Gasteiger partial charge is 0.374 e. The van der Waals surface area contributed by atoms with Gasteiger partial charge in [-0.25, -0.2) is 0 Å². The van der Waals surface area contributed by atoms with Crippen molar-refractivity contribution in [3.8, 4) is 0 Å². The van der Waals surface area contributed by atoms with E-state index in [9.17, 15) is 0 Å². The Kier molecular flexibility index (Phi) is 7.36. The van der Waals surface area contributed by atoms with Crippen LogP contribution in [0.3, 0.4) is 0 Å². The van der Waals surface area contributed by atoms with E-state index in [4.69, 9.17) is 18.8 Å². The molecule has 0 heterocycles. The summed E-state index contributed by atoms with van der Waals surface area (Å²) in [7, 11) is -2.84. The van der Waals surface area contributed by atoms with Crippen LogP contribution in [-0.2, 0) is 13.3 Å². The largest absolute Gasteiger partial charge is 0.509 e. The third kappa shape index (κ3) is 4.19. The van der Waals surface area contributed by atoms with Crippen molar-refractivity contribution in [3.05, 3.63) is 10.4 Å². The first-order chi connectivity index (χ1) is 7.16. The molecule has 1 atom stereocenters. The van der Waals surface area contributed by atoms with E-state index in [1.54, 1.807) is 6.92 Å². The molecule has 0 saturated carbocycles. The Morgan fingerprint density at radius 1 is 1.13 bits per heavy atom. The van der Waals surface area contributed by atoms with Crippen LogP contribution in [0.1, 0.15) is 27.7 Å². The number of azide groups is 1. The van der Waals surface area contributed by atoms with E-state index in [-0.39, 0.29) is 0 Å². The standard InChI is InChI=1S/C8H19N3O3Si/c1-5-12-15(13-6-2,14-7-3)8(4)10-11-9/h8H,5-7H2,1-4H3. The van der Waals surface area contributed by atoms with Gasteiger partial charge >= 0.3 is 8.80 Å². The van der Waals surface area contributed by atoms with E-state index in [2.05, 4.69) is 10.0 Å². The Morgan fingerprint density at radius 3 is 1.80 bits per heavy atom. The van der Waals surface area contributed by atoms with Gasteiger partial charge in [-0.15, -0.1) is 0 Å². The fourth-order valence-electron chi connectivity index (χ4n) is 1.24. The number of nitrogens with zero attached hydrogens (tertiary/aromatic N) is 3. The topological polar surface area (TPSA) is 76.5 Å². The maximum atomic E-state index is 8.42. The number of hydrogen-bond acceptors (Lipinski definition) is 4. The second-order valence-electron chi connectivity index (χ2n) is 2.78. The van der Waals surface area contributed by atoms with Crippen LogP contribution < -0.4 is 0 Å². The summed E-state index contributed by atoms with van der Waals surface area (Å²) in [6.07, 6.45) is 0. The number of hydrogen-bond donors (Lipinski definition) is 0.